The van der Waals surface area contributed by atoms with E-state index < -0.39 is 0 Å². The lowest BCUT2D eigenvalue weighted by molar-refractivity contribution is -0.991. The minimum absolute atomic E-state index is 0.0635. The molecule has 4 nitrogen and oxygen atoms in total. The predicted molar refractivity (Wildman–Crippen MR) is 65.1 cm³/mol. The van der Waals surface area contributed by atoms with Crippen LogP contribution in [0.15, 0.2) is 24.3 Å². The summed E-state index contributed by atoms with van der Waals surface area (Å²) in [4.78, 5) is 7.37. The van der Waals surface area contributed by atoms with Crippen molar-refractivity contribution in [3.63, 3.8) is 0 Å². The molecule has 0 unspecified atom stereocenters. The highest BCUT2D eigenvalue weighted by molar-refractivity contribution is 5.16. The molecule has 4 saturated heterocycles. The fourth-order valence-corrected chi connectivity index (χ4v) is 3.80. The summed E-state index contributed by atoms with van der Waals surface area (Å²) in [6.07, 6.45) is 0. The Balaban J connectivity index is 1.63. The minimum atomic E-state index is -0.0635. The van der Waals surface area contributed by atoms with Gasteiger partial charge in [-0.1, -0.05) is 18.2 Å². The molecule has 0 atom stereocenters. The molecule has 4 fully saturated rings. The van der Waals surface area contributed by atoms with Crippen molar-refractivity contribution in [1.29, 1.82) is 0 Å². The lowest BCUT2D eigenvalue weighted by Gasteiger charge is -2.60. The molecule has 4 aliphatic rings. The quantitative estimate of drug-likeness (QED) is 0.719. The molecular formula is C13H18FN4+. The summed E-state index contributed by atoms with van der Waals surface area (Å²) in [6.45, 7) is 7.20. The normalized spacial score (nSPS) is 41.3. The van der Waals surface area contributed by atoms with Crippen LogP contribution in [0, 0.1) is 5.82 Å². The van der Waals surface area contributed by atoms with Crippen molar-refractivity contribution in [3.05, 3.63) is 35.6 Å². The zero-order chi connectivity index (χ0) is 12.2. The van der Waals surface area contributed by atoms with Crippen LogP contribution in [0.25, 0.3) is 0 Å². The van der Waals surface area contributed by atoms with E-state index in [1.54, 1.807) is 12.1 Å². The molecule has 1 aromatic rings. The average Bonchev–Trinajstić information content (AvgIpc) is 2.30. The van der Waals surface area contributed by atoms with Gasteiger partial charge in [-0.15, -0.1) is 0 Å². The molecule has 4 bridgehead atoms. The molecule has 0 saturated carbocycles. The maximum Gasteiger partial charge on any atom is 0.139 e. The van der Waals surface area contributed by atoms with Crippen LogP contribution < -0.4 is 0 Å². The van der Waals surface area contributed by atoms with Gasteiger partial charge in [0.15, 0.2) is 0 Å². The van der Waals surface area contributed by atoms with E-state index in [1.807, 2.05) is 12.1 Å². The molecule has 5 rings (SSSR count). The molecule has 96 valence electrons. The summed E-state index contributed by atoms with van der Waals surface area (Å²) in [5, 5.41) is 0. The van der Waals surface area contributed by atoms with E-state index in [1.165, 1.54) is 0 Å². The van der Waals surface area contributed by atoms with E-state index in [9.17, 15) is 4.39 Å². The van der Waals surface area contributed by atoms with Gasteiger partial charge in [0.2, 0.25) is 0 Å². The van der Waals surface area contributed by atoms with Crippen LogP contribution in [0.3, 0.4) is 0 Å². The number of rotatable bonds is 2. The second kappa shape index (κ2) is 3.74. The fraction of sp³-hybridized carbons (Fsp3) is 0.538. The van der Waals surface area contributed by atoms with Gasteiger partial charge in [-0.25, -0.2) is 19.1 Å². The van der Waals surface area contributed by atoms with Crippen molar-refractivity contribution in [1.82, 2.24) is 14.7 Å². The van der Waals surface area contributed by atoms with Crippen LogP contribution in [0.1, 0.15) is 5.56 Å². The summed E-state index contributed by atoms with van der Waals surface area (Å²) in [5.41, 5.74) is 0.850. The number of quaternary nitrogens is 1. The van der Waals surface area contributed by atoms with Crippen LogP contribution in [0.4, 0.5) is 4.39 Å². The third-order valence-electron chi connectivity index (χ3n) is 4.16. The standard InChI is InChI=1S/C13H18FN4/c14-13-4-2-1-3-12(13)5-18-9-15-6-16(10-18)8-17(7-15)11-18/h1-4H,5-11H2/q+1. The Morgan fingerprint density at radius 1 is 0.944 bits per heavy atom. The van der Waals surface area contributed by atoms with Gasteiger partial charge in [-0.2, -0.15) is 0 Å². The average molecular weight is 249 g/mol. The predicted octanol–water partition coefficient (Wildman–Crippen LogP) is 0.834. The topological polar surface area (TPSA) is 9.72 Å². The second-order valence-corrected chi connectivity index (χ2v) is 5.95. The summed E-state index contributed by atoms with van der Waals surface area (Å²) >= 11 is 0. The van der Waals surface area contributed by atoms with E-state index in [2.05, 4.69) is 14.7 Å². The lowest BCUT2D eigenvalue weighted by Crippen LogP contribution is -2.78. The minimum Gasteiger partial charge on any atom is -0.282 e. The smallest absolute Gasteiger partial charge is 0.139 e. The van der Waals surface area contributed by atoms with E-state index in [-0.39, 0.29) is 5.82 Å². The van der Waals surface area contributed by atoms with E-state index in [4.69, 9.17) is 0 Å². The molecule has 4 heterocycles. The van der Waals surface area contributed by atoms with Gasteiger partial charge in [-0.05, 0) is 6.07 Å². The third-order valence-corrected chi connectivity index (χ3v) is 4.16. The van der Waals surface area contributed by atoms with Crippen LogP contribution in [-0.4, -0.2) is 59.2 Å². The summed E-state index contributed by atoms with van der Waals surface area (Å²) in [7, 11) is 0. The Morgan fingerprint density at radius 2 is 1.50 bits per heavy atom. The first-order valence-corrected chi connectivity index (χ1v) is 6.48. The Hall–Kier alpha value is -1.01. The summed E-state index contributed by atoms with van der Waals surface area (Å²) in [5.74, 6) is -0.0635. The molecule has 4 aliphatic heterocycles. The van der Waals surface area contributed by atoms with Crippen molar-refractivity contribution in [2.24, 2.45) is 0 Å². The number of halogens is 1. The number of nitrogens with zero attached hydrogens (tertiary/aromatic N) is 4. The molecule has 0 aromatic heterocycles. The molecule has 0 amide bonds. The maximum atomic E-state index is 13.8. The molecule has 5 heteroatoms. The molecule has 0 spiro atoms. The first kappa shape index (κ1) is 10.9. The van der Waals surface area contributed by atoms with E-state index >= 15 is 0 Å². The van der Waals surface area contributed by atoms with E-state index in [0.29, 0.717) is 0 Å². The first-order chi connectivity index (χ1) is 8.72. The Morgan fingerprint density at radius 3 is 2.06 bits per heavy atom. The second-order valence-electron chi connectivity index (χ2n) is 5.95. The van der Waals surface area contributed by atoms with Crippen LogP contribution in [0.2, 0.25) is 0 Å². The van der Waals surface area contributed by atoms with Gasteiger partial charge in [-0.3, -0.25) is 4.48 Å². The van der Waals surface area contributed by atoms with Crippen molar-refractivity contribution in [2.75, 3.05) is 40.0 Å². The van der Waals surface area contributed by atoms with Gasteiger partial charge in [0, 0.05) is 5.56 Å². The van der Waals surface area contributed by atoms with Gasteiger partial charge in [0.1, 0.15) is 32.4 Å². The highest BCUT2D eigenvalue weighted by Crippen LogP contribution is 2.31. The zero-order valence-corrected chi connectivity index (χ0v) is 10.4. The van der Waals surface area contributed by atoms with Gasteiger partial charge in [0.25, 0.3) is 0 Å². The Kier molecular flexibility index (Phi) is 2.26. The van der Waals surface area contributed by atoms with Crippen molar-refractivity contribution < 1.29 is 8.87 Å². The molecule has 0 aliphatic carbocycles. The van der Waals surface area contributed by atoms with Gasteiger partial charge in [0.05, 0.1) is 20.0 Å². The monoisotopic (exact) mass is 249 g/mol. The number of hydrogen-bond acceptors (Lipinski definition) is 3. The highest BCUT2D eigenvalue weighted by atomic mass is 19.1. The first-order valence-electron chi connectivity index (χ1n) is 6.48. The Labute approximate surface area is 106 Å². The number of benzene rings is 1. The fourth-order valence-electron chi connectivity index (χ4n) is 3.80. The van der Waals surface area contributed by atoms with Crippen molar-refractivity contribution in [3.8, 4) is 0 Å². The molecule has 0 radical (unpaired) electrons. The van der Waals surface area contributed by atoms with Gasteiger partial charge >= 0.3 is 0 Å². The summed E-state index contributed by atoms with van der Waals surface area (Å²) < 4.78 is 14.8. The summed E-state index contributed by atoms with van der Waals surface area (Å²) in [6, 6.07) is 7.19. The molecule has 0 N–H and O–H groups in total. The largest absolute Gasteiger partial charge is 0.282 e. The van der Waals surface area contributed by atoms with Crippen LogP contribution >= 0.6 is 0 Å². The van der Waals surface area contributed by atoms with E-state index in [0.717, 1.165) is 56.6 Å². The SMILES string of the molecule is Fc1ccccc1C[N+]12CN3CN(CN(C3)C1)C2. The Bertz CT molecular complexity index is 441. The van der Waals surface area contributed by atoms with Gasteiger partial charge < -0.3 is 0 Å². The van der Waals surface area contributed by atoms with Crippen molar-refractivity contribution >= 4 is 0 Å². The molecule has 1 aromatic carbocycles. The number of hydrogen-bond donors (Lipinski definition) is 0. The third kappa shape index (κ3) is 1.66. The van der Waals surface area contributed by atoms with Crippen LogP contribution in [-0.2, 0) is 6.54 Å². The van der Waals surface area contributed by atoms with Crippen LogP contribution in [0.5, 0.6) is 0 Å². The molecular weight excluding hydrogens is 231 g/mol. The zero-order valence-electron chi connectivity index (χ0n) is 10.4. The van der Waals surface area contributed by atoms with Crippen molar-refractivity contribution in [2.45, 2.75) is 6.54 Å². The molecule has 18 heavy (non-hydrogen) atoms. The maximum absolute atomic E-state index is 13.8. The lowest BCUT2D eigenvalue weighted by atomic mass is 10.1. The highest BCUT2D eigenvalue weighted by Gasteiger charge is 2.48.